The average Bonchev–Trinajstić information content (AvgIpc) is 2.43. The highest BCUT2D eigenvalue weighted by molar-refractivity contribution is 5.93. The van der Waals surface area contributed by atoms with Crippen LogP contribution in [0.1, 0.15) is 19.4 Å². The van der Waals surface area contributed by atoms with Crippen molar-refractivity contribution in [1.29, 1.82) is 5.26 Å². The summed E-state index contributed by atoms with van der Waals surface area (Å²) in [6.07, 6.45) is 0. The Morgan fingerprint density at radius 2 is 2.10 bits per heavy atom. The predicted octanol–water partition coefficient (Wildman–Crippen LogP) is 1.52. The lowest BCUT2D eigenvalue weighted by Gasteiger charge is -2.45. The standard InChI is InChI=1S/C16H22N4O/c1-16(2)12-20(9-8-19(16)3)11-15(21)18-14-7-5-4-6-13(14)10-17/h4-7H,8-9,11-12H2,1-3H3,(H,18,21). The fourth-order valence-electron chi connectivity index (χ4n) is 2.56. The third-order valence-corrected chi connectivity index (χ3v) is 4.08. The quantitative estimate of drug-likeness (QED) is 0.915. The molecule has 112 valence electrons. The minimum absolute atomic E-state index is 0.0712. The molecule has 1 heterocycles. The number of likely N-dealkylation sites (N-methyl/N-ethyl adjacent to an activating group) is 1. The maximum absolute atomic E-state index is 12.2. The maximum atomic E-state index is 12.2. The number of rotatable bonds is 3. The molecule has 1 amide bonds. The molecule has 5 heteroatoms. The summed E-state index contributed by atoms with van der Waals surface area (Å²) in [7, 11) is 2.11. The van der Waals surface area contributed by atoms with E-state index in [9.17, 15) is 4.79 Å². The molecule has 0 spiro atoms. The molecule has 0 bridgehead atoms. The fraction of sp³-hybridized carbons (Fsp3) is 0.500. The highest BCUT2D eigenvalue weighted by Crippen LogP contribution is 2.19. The molecule has 0 radical (unpaired) electrons. The number of nitrogens with one attached hydrogen (secondary N) is 1. The van der Waals surface area contributed by atoms with Crippen LogP contribution in [0.5, 0.6) is 0 Å². The number of nitriles is 1. The van der Waals surface area contributed by atoms with E-state index >= 15 is 0 Å². The number of benzene rings is 1. The number of para-hydroxylation sites is 1. The summed E-state index contributed by atoms with van der Waals surface area (Å²) in [5, 5.41) is 11.9. The van der Waals surface area contributed by atoms with Crippen LogP contribution >= 0.6 is 0 Å². The van der Waals surface area contributed by atoms with Gasteiger partial charge in [-0.05, 0) is 33.0 Å². The average molecular weight is 286 g/mol. The van der Waals surface area contributed by atoms with Gasteiger partial charge in [-0.25, -0.2) is 0 Å². The van der Waals surface area contributed by atoms with Crippen LogP contribution in [0.4, 0.5) is 5.69 Å². The zero-order chi connectivity index (χ0) is 15.5. The summed E-state index contributed by atoms with van der Waals surface area (Å²) >= 11 is 0. The first-order chi connectivity index (χ1) is 9.92. The van der Waals surface area contributed by atoms with Crippen LogP contribution < -0.4 is 5.32 Å². The van der Waals surface area contributed by atoms with Crippen LogP contribution in [0.2, 0.25) is 0 Å². The fourth-order valence-corrected chi connectivity index (χ4v) is 2.56. The first-order valence-corrected chi connectivity index (χ1v) is 7.15. The monoisotopic (exact) mass is 286 g/mol. The van der Waals surface area contributed by atoms with E-state index in [4.69, 9.17) is 5.26 Å². The van der Waals surface area contributed by atoms with Crippen LogP contribution in [0.15, 0.2) is 24.3 Å². The third-order valence-electron chi connectivity index (χ3n) is 4.08. The van der Waals surface area contributed by atoms with Crippen molar-refractivity contribution in [3.05, 3.63) is 29.8 Å². The summed E-state index contributed by atoms with van der Waals surface area (Å²) in [5.41, 5.74) is 1.14. The van der Waals surface area contributed by atoms with Crippen LogP contribution in [0.3, 0.4) is 0 Å². The van der Waals surface area contributed by atoms with Gasteiger partial charge >= 0.3 is 0 Å². The SMILES string of the molecule is CN1CCN(CC(=O)Nc2ccccc2C#N)CC1(C)C. The number of piperazine rings is 1. The Bertz CT molecular complexity index is 562. The lowest BCUT2D eigenvalue weighted by molar-refractivity contribution is -0.118. The van der Waals surface area contributed by atoms with E-state index < -0.39 is 0 Å². The van der Waals surface area contributed by atoms with Gasteiger partial charge in [0.2, 0.25) is 5.91 Å². The molecule has 1 aromatic carbocycles. The molecule has 5 nitrogen and oxygen atoms in total. The Morgan fingerprint density at radius 3 is 2.76 bits per heavy atom. The van der Waals surface area contributed by atoms with E-state index in [-0.39, 0.29) is 11.4 Å². The van der Waals surface area contributed by atoms with Gasteiger partial charge in [-0.15, -0.1) is 0 Å². The van der Waals surface area contributed by atoms with E-state index in [1.807, 2.05) is 6.07 Å². The minimum atomic E-state index is -0.0712. The van der Waals surface area contributed by atoms with Gasteiger partial charge in [0, 0.05) is 25.2 Å². The van der Waals surface area contributed by atoms with Crippen molar-refractivity contribution >= 4 is 11.6 Å². The molecule has 1 aliphatic rings. The van der Waals surface area contributed by atoms with E-state index in [0.29, 0.717) is 17.8 Å². The molecule has 0 unspecified atom stereocenters. The first-order valence-electron chi connectivity index (χ1n) is 7.15. The summed E-state index contributed by atoms with van der Waals surface area (Å²) in [6.45, 7) is 7.42. The number of carbonyl (C=O) groups is 1. The summed E-state index contributed by atoms with van der Waals surface area (Å²) in [5.74, 6) is -0.0712. The summed E-state index contributed by atoms with van der Waals surface area (Å²) in [4.78, 5) is 16.6. The van der Waals surface area contributed by atoms with Gasteiger partial charge in [-0.3, -0.25) is 14.6 Å². The van der Waals surface area contributed by atoms with E-state index in [1.165, 1.54) is 0 Å². The van der Waals surface area contributed by atoms with Gasteiger partial charge in [0.1, 0.15) is 6.07 Å². The second-order valence-electron chi connectivity index (χ2n) is 6.15. The number of hydrogen-bond acceptors (Lipinski definition) is 4. The Kier molecular flexibility index (Phi) is 4.61. The number of amides is 1. The normalized spacial score (nSPS) is 19.0. The third kappa shape index (κ3) is 3.81. The van der Waals surface area contributed by atoms with Crippen molar-refractivity contribution in [2.45, 2.75) is 19.4 Å². The van der Waals surface area contributed by atoms with Crippen molar-refractivity contribution in [1.82, 2.24) is 9.80 Å². The predicted molar refractivity (Wildman–Crippen MR) is 82.9 cm³/mol. The lowest BCUT2D eigenvalue weighted by Crippen LogP contribution is -2.58. The van der Waals surface area contributed by atoms with Crippen molar-refractivity contribution in [3.8, 4) is 6.07 Å². The zero-order valence-electron chi connectivity index (χ0n) is 12.9. The largest absolute Gasteiger partial charge is 0.324 e. The van der Waals surface area contributed by atoms with Crippen molar-refractivity contribution in [2.75, 3.05) is 38.5 Å². The van der Waals surface area contributed by atoms with Gasteiger partial charge in [0.15, 0.2) is 0 Å². The van der Waals surface area contributed by atoms with Gasteiger partial charge in [-0.2, -0.15) is 5.26 Å². The molecule has 1 N–H and O–H groups in total. The Morgan fingerprint density at radius 1 is 1.38 bits per heavy atom. The van der Waals surface area contributed by atoms with Crippen molar-refractivity contribution < 1.29 is 4.79 Å². The van der Waals surface area contributed by atoms with Gasteiger partial charge < -0.3 is 5.32 Å². The molecule has 2 rings (SSSR count). The van der Waals surface area contributed by atoms with Gasteiger partial charge in [-0.1, -0.05) is 12.1 Å². The van der Waals surface area contributed by atoms with Crippen molar-refractivity contribution in [3.63, 3.8) is 0 Å². The molecule has 1 saturated heterocycles. The molecular formula is C16H22N4O. The van der Waals surface area contributed by atoms with Crippen molar-refractivity contribution in [2.24, 2.45) is 0 Å². The van der Waals surface area contributed by atoms with E-state index in [1.54, 1.807) is 18.2 Å². The van der Waals surface area contributed by atoms with Crippen LogP contribution in [-0.4, -0.2) is 54.5 Å². The Balaban J connectivity index is 1.95. The maximum Gasteiger partial charge on any atom is 0.238 e. The van der Waals surface area contributed by atoms with E-state index in [0.717, 1.165) is 19.6 Å². The lowest BCUT2D eigenvalue weighted by atomic mass is 10.00. The Hall–Kier alpha value is -1.90. The number of hydrogen-bond donors (Lipinski definition) is 1. The molecule has 1 fully saturated rings. The van der Waals surface area contributed by atoms with Crippen LogP contribution in [0, 0.1) is 11.3 Å². The molecule has 0 atom stereocenters. The summed E-state index contributed by atoms with van der Waals surface area (Å²) < 4.78 is 0. The first kappa shape index (κ1) is 15.5. The highest BCUT2D eigenvalue weighted by Gasteiger charge is 2.31. The highest BCUT2D eigenvalue weighted by atomic mass is 16.2. The zero-order valence-corrected chi connectivity index (χ0v) is 12.9. The second kappa shape index (κ2) is 6.25. The van der Waals surface area contributed by atoms with Crippen LogP contribution in [-0.2, 0) is 4.79 Å². The molecule has 0 saturated carbocycles. The topological polar surface area (TPSA) is 59.4 Å². The Labute approximate surface area is 126 Å². The minimum Gasteiger partial charge on any atom is -0.324 e. The molecule has 1 aromatic rings. The number of nitrogens with zero attached hydrogens (tertiary/aromatic N) is 3. The molecule has 0 aromatic heterocycles. The number of anilines is 1. The molecular weight excluding hydrogens is 264 g/mol. The second-order valence-corrected chi connectivity index (χ2v) is 6.15. The smallest absolute Gasteiger partial charge is 0.238 e. The molecule has 21 heavy (non-hydrogen) atoms. The van der Waals surface area contributed by atoms with E-state index in [2.05, 4.69) is 42.1 Å². The van der Waals surface area contributed by atoms with Gasteiger partial charge in [0.25, 0.3) is 0 Å². The molecule has 1 aliphatic heterocycles. The van der Waals surface area contributed by atoms with Gasteiger partial charge in [0.05, 0.1) is 17.8 Å². The van der Waals surface area contributed by atoms with Crippen LogP contribution in [0.25, 0.3) is 0 Å². The molecule has 0 aliphatic carbocycles. The summed E-state index contributed by atoms with van der Waals surface area (Å²) in [6, 6.07) is 9.15. The number of carbonyl (C=O) groups excluding carboxylic acids is 1.